The van der Waals surface area contributed by atoms with Crippen LogP contribution in [0.15, 0.2) is 0 Å². The third kappa shape index (κ3) is 1.59. The molecule has 0 aromatic carbocycles. The number of sulfonamides is 1. The molecule has 8 heavy (non-hydrogen) atoms. The highest BCUT2D eigenvalue weighted by Crippen LogP contribution is 1.81. The van der Waals surface area contributed by atoms with Crippen molar-refractivity contribution in [3.63, 3.8) is 0 Å². The minimum atomic E-state index is -3.74. The van der Waals surface area contributed by atoms with Crippen LogP contribution >= 0.6 is 0 Å². The fourth-order valence-corrected chi connectivity index (χ4v) is 0.305. The van der Waals surface area contributed by atoms with Crippen molar-refractivity contribution in [2.24, 2.45) is 0 Å². The average Bonchev–Trinajstić information content (AvgIpc) is 1.67. The third-order valence-corrected chi connectivity index (χ3v) is 1.71. The summed E-state index contributed by atoms with van der Waals surface area (Å²) in [4.78, 5) is 10.0. The first-order valence-corrected chi connectivity index (χ1v) is 3.28. The molecule has 0 saturated carbocycles. The van der Waals surface area contributed by atoms with Gasteiger partial charge in [-0.25, -0.2) is 13.1 Å². The average molecular weight is 136 g/mol. The van der Waals surface area contributed by atoms with E-state index in [0.717, 1.165) is 6.92 Å². The normalized spacial score (nSPS) is 11.2. The maximum Gasteiger partial charge on any atom is 0.274 e. The maximum atomic E-state index is 10.2. The predicted octanol–water partition coefficient (Wildman–Crippen LogP) is -0.756. The van der Waals surface area contributed by atoms with Gasteiger partial charge < -0.3 is 0 Å². The highest BCUT2D eigenvalue weighted by atomic mass is 32.2. The van der Waals surface area contributed by atoms with Gasteiger partial charge in [-0.1, -0.05) is 0 Å². The van der Waals surface area contributed by atoms with Gasteiger partial charge in [-0.15, -0.1) is 0 Å². The molecule has 0 spiro atoms. The highest BCUT2D eigenvalue weighted by molar-refractivity contribution is 8.04. The SMILES string of the molecule is [CH2]NS(=O)(=O)C(C)=O. The van der Waals surface area contributed by atoms with Crippen LogP contribution in [0.1, 0.15) is 6.92 Å². The molecule has 0 aromatic heterocycles. The fraction of sp³-hybridized carbons (Fsp3) is 0.333. The molecule has 0 unspecified atom stereocenters. The molecule has 4 nitrogen and oxygen atoms in total. The molecule has 0 aromatic rings. The minimum Gasteiger partial charge on any atom is -0.281 e. The first kappa shape index (κ1) is 7.58. The molecule has 0 saturated heterocycles. The zero-order valence-corrected chi connectivity index (χ0v) is 5.16. The van der Waals surface area contributed by atoms with E-state index in [9.17, 15) is 13.2 Å². The van der Waals surface area contributed by atoms with Crippen molar-refractivity contribution in [1.82, 2.24) is 4.72 Å². The van der Waals surface area contributed by atoms with Crippen LogP contribution in [0.3, 0.4) is 0 Å². The fourth-order valence-electron chi connectivity index (χ4n) is 0.102. The monoisotopic (exact) mass is 136 g/mol. The molecule has 0 aliphatic heterocycles. The molecule has 0 fully saturated rings. The van der Waals surface area contributed by atoms with Gasteiger partial charge in [0.2, 0.25) is 0 Å². The molecule has 1 N–H and O–H groups in total. The zero-order valence-electron chi connectivity index (χ0n) is 4.34. The second kappa shape index (κ2) is 2.23. The molecule has 0 rings (SSSR count). The summed E-state index contributed by atoms with van der Waals surface area (Å²) in [6.45, 7) is 0.952. The number of hydrogen-bond donors (Lipinski definition) is 1. The van der Waals surface area contributed by atoms with Gasteiger partial charge in [0.15, 0.2) is 0 Å². The largest absolute Gasteiger partial charge is 0.281 e. The molecule has 47 valence electrons. The molecular weight excluding hydrogens is 130 g/mol. The van der Waals surface area contributed by atoms with Gasteiger partial charge in [0, 0.05) is 14.0 Å². The summed E-state index contributed by atoms with van der Waals surface area (Å²) in [7, 11) is -0.916. The van der Waals surface area contributed by atoms with Gasteiger partial charge in [-0.3, -0.25) is 4.79 Å². The van der Waals surface area contributed by atoms with Crippen molar-refractivity contribution < 1.29 is 13.2 Å². The van der Waals surface area contributed by atoms with E-state index in [-0.39, 0.29) is 0 Å². The van der Waals surface area contributed by atoms with Gasteiger partial charge in [0.05, 0.1) is 0 Å². The highest BCUT2D eigenvalue weighted by Gasteiger charge is 2.11. The Bertz CT molecular complexity index is 181. The molecule has 1 radical (unpaired) electrons. The van der Waals surface area contributed by atoms with Crippen LogP contribution in [0.4, 0.5) is 0 Å². The minimum absolute atomic E-state index is 0.924. The van der Waals surface area contributed by atoms with E-state index in [4.69, 9.17) is 0 Å². The summed E-state index contributed by atoms with van der Waals surface area (Å²) in [6.07, 6.45) is 0. The summed E-state index contributed by atoms with van der Waals surface area (Å²) < 4.78 is 22.0. The Balaban J connectivity index is 4.42. The van der Waals surface area contributed by atoms with E-state index in [1.54, 1.807) is 4.72 Å². The summed E-state index contributed by atoms with van der Waals surface area (Å²) in [5.41, 5.74) is 0. The van der Waals surface area contributed by atoms with E-state index in [1.165, 1.54) is 0 Å². The van der Waals surface area contributed by atoms with Crippen LogP contribution in [-0.4, -0.2) is 13.5 Å². The standard InChI is InChI=1S/C3H6NO3S/c1-3(5)8(6,7)4-2/h4H,2H2,1H3. The van der Waals surface area contributed by atoms with E-state index in [0.29, 0.717) is 0 Å². The molecule has 0 atom stereocenters. The van der Waals surface area contributed by atoms with Gasteiger partial charge in [0.1, 0.15) is 0 Å². The van der Waals surface area contributed by atoms with E-state index >= 15 is 0 Å². The first-order chi connectivity index (χ1) is 3.50. The first-order valence-electron chi connectivity index (χ1n) is 1.80. The topological polar surface area (TPSA) is 63.2 Å². The van der Waals surface area contributed by atoms with Crippen molar-refractivity contribution in [2.45, 2.75) is 6.92 Å². The summed E-state index contributed by atoms with van der Waals surface area (Å²) in [6, 6.07) is 0. The van der Waals surface area contributed by atoms with E-state index in [1.807, 2.05) is 0 Å². The number of nitrogens with one attached hydrogen (secondary N) is 1. The Morgan fingerprint density at radius 2 is 2.00 bits per heavy atom. The van der Waals surface area contributed by atoms with Crippen molar-refractivity contribution in [3.05, 3.63) is 7.05 Å². The summed E-state index contributed by atoms with van der Waals surface area (Å²) in [5, 5.41) is -0.924. The van der Waals surface area contributed by atoms with Crippen LogP contribution in [0, 0.1) is 7.05 Å². The number of carbonyl (C=O) groups is 1. The lowest BCUT2D eigenvalue weighted by molar-refractivity contribution is -0.110. The van der Waals surface area contributed by atoms with Crippen LogP contribution in [0.25, 0.3) is 0 Å². The van der Waals surface area contributed by atoms with Gasteiger partial charge in [-0.05, 0) is 0 Å². The molecule has 0 heterocycles. The number of rotatable bonds is 1. The van der Waals surface area contributed by atoms with Crippen LogP contribution in [0.5, 0.6) is 0 Å². The Labute approximate surface area is 47.9 Å². The van der Waals surface area contributed by atoms with Gasteiger partial charge >= 0.3 is 0 Å². The predicted molar refractivity (Wildman–Crippen MR) is 28.1 cm³/mol. The molecule has 5 heteroatoms. The Kier molecular flexibility index (Phi) is 2.12. The van der Waals surface area contributed by atoms with Crippen LogP contribution < -0.4 is 4.72 Å². The molecule has 0 aliphatic carbocycles. The Morgan fingerprint density at radius 3 is 2.00 bits per heavy atom. The van der Waals surface area contributed by atoms with Gasteiger partial charge in [-0.2, -0.15) is 0 Å². The summed E-state index contributed by atoms with van der Waals surface area (Å²) in [5.74, 6) is 0. The lowest BCUT2D eigenvalue weighted by Gasteiger charge is -1.91. The second-order valence-electron chi connectivity index (χ2n) is 1.14. The van der Waals surface area contributed by atoms with Crippen molar-refractivity contribution >= 4 is 15.1 Å². The second-order valence-corrected chi connectivity index (χ2v) is 3.01. The van der Waals surface area contributed by atoms with E-state index < -0.39 is 15.1 Å². The van der Waals surface area contributed by atoms with E-state index in [2.05, 4.69) is 7.05 Å². The maximum absolute atomic E-state index is 10.2. The quantitative estimate of drug-likeness (QED) is 0.515. The van der Waals surface area contributed by atoms with Crippen molar-refractivity contribution in [3.8, 4) is 0 Å². The Hall–Kier alpha value is -0.420. The molecule has 0 bridgehead atoms. The summed E-state index contributed by atoms with van der Waals surface area (Å²) >= 11 is 0. The van der Waals surface area contributed by atoms with Gasteiger partial charge in [0.25, 0.3) is 15.1 Å². The molecule has 0 aliphatic rings. The number of hydrogen-bond acceptors (Lipinski definition) is 3. The zero-order chi connectivity index (χ0) is 6.78. The van der Waals surface area contributed by atoms with Crippen LogP contribution in [0.2, 0.25) is 0 Å². The van der Waals surface area contributed by atoms with Crippen LogP contribution in [-0.2, 0) is 14.8 Å². The number of carbonyl (C=O) groups excluding carboxylic acids is 1. The molecular formula is C3H6NO3S. The lowest BCUT2D eigenvalue weighted by Crippen LogP contribution is -2.23. The molecule has 0 amide bonds. The third-order valence-electron chi connectivity index (χ3n) is 0.568. The van der Waals surface area contributed by atoms with Crippen molar-refractivity contribution in [2.75, 3.05) is 0 Å². The lowest BCUT2D eigenvalue weighted by atomic mass is 10.9. The Morgan fingerprint density at radius 1 is 1.62 bits per heavy atom. The smallest absolute Gasteiger partial charge is 0.274 e. The van der Waals surface area contributed by atoms with Crippen molar-refractivity contribution in [1.29, 1.82) is 0 Å².